The summed E-state index contributed by atoms with van der Waals surface area (Å²) in [5.74, 6) is -0.480. The quantitative estimate of drug-likeness (QED) is 0.404. The van der Waals surface area contributed by atoms with Gasteiger partial charge in [0.05, 0.1) is 34.8 Å². The Hall–Kier alpha value is -2.69. The molecular weight excluding hydrogens is 473 g/mol. The van der Waals surface area contributed by atoms with Crippen LogP contribution in [0.2, 0.25) is 0 Å². The molecule has 3 aromatic rings. The first-order chi connectivity index (χ1) is 13.5. The number of carbonyl (C=O) groups is 2. The zero-order valence-electron chi connectivity index (χ0n) is 15.6. The van der Waals surface area contributed by atoms with Gasteiger partial charge in [-0.3, -0.25) is 9.48 Å². The van der Waals surface area contributed by atoms with Crippen LogP contribution >= 0.6 is 22.6 Å². The molecule has 1 amide bonds. The van der Waals surface area contributed by atoms with Crippen LogP contribution in [0.15, 0.2) is 42.7 Å². The molecule has 3 rings (SSSR count). The van der Waals surface area contributed by atoms with Crippen LogP contribution in [0, 0.1) is 10.5 Å². The largest absolute Gasteiger partial charge is 0.462 e. The third-order valence-electron chi connectivity index (χ3n) is 4.12. The van der Waals surface area contributed by atoms with Crippen molar-refractivity contribution in [2.24, 2.45) is 0 Å². The van der Waals surface area contributed by atoms with Crippen molar-refractivity contribution in [2.45, 2.75) is 26.8 Å². The van der Waals surface area contributed by atoms with Gasteiger partial charge >= 0.3 is 5.97 Å². The number of carbonyl (C=O) groups excluding carboxylic acids is 2. The standard InChI is InChI=1S/C19H20IN5O3/c1-3-28-19(27)15-11-22-25(14-7-5-4-6-8-14)18(15)23-17(26)9-10-24-13(2)16(20)12-21-24/h4-8,11-12H,3,9-10H2,1-2H3,(H,23,26). The second-order valence-corrected chi connectivity index (χ2v) is 7.14. The molecule has 146 valence electrons. The van der Waals surface area contributed by atoms with Crippen molar-refractivity contribution in [3.8, 4) is 5.69 Å². The first kappa shape index (κ1) is 20.1. The number of nitrogens with one attached hydrogen (secondary N) is 1. The van der Waals surface area contributed by atoms with Crippen molar-refractivity contribution in [1.29, 1.82) is 0 Å². The number of hydrogen-bond donors (Lipinski definition) is 1. The van der Waals surface area contributed by atoms with Crippen molar-refractivity contribution in [2.75, 3.05) is 11.9 Å². The van der Waals surface area contributed by atoms with Gasteiger partial charge < -0.3 is 10.1 Å². The van der Waals surface area contributed by atoms with Crippen LogP contribution in [0.1, 0.15) is 29.4 Å². The molecule has 0 fully saturated rings. The van der Waals surface area contributed by atoms with Crippen LogP contribution in [0.3, 0.4) is 0 Å². The van der Waals surface area contributed by atoms with Crippen LogP contribution < -0.4 is 5.32 Å². The molecule has 0 spiro atoms. The molecule has 0 aliphatic carbocycles. The average molecular weight is 493 g/mol. The van der Waals surface area contributed by atoms with Crippen LogP contribution in [0.5, 0.6) is 0 Å². The van der Waals surface area contributed by atoms with Gasteiger partial charge in [0.15, 0.2) is 5.82 Å². The average Bonchev–Trinajstić information content (AvgIpc) is 3.25. The SMILES string of the molecule is CCOC(=O)c1cnn(-c2ccccc2)c1NC(=O)CCn1ncc(I)c1C. The maximum atomic E-state index is 12.6. The summed E-state index contributed by atoms with van der Waals surface area (Å²) in [6.45, 7) is 4.36. The van der Waals surface area contributed by atoms with E-state index in [1.165, 1.54) is 10.9 Å². The minimum atomic E-state index is -0.530. The van der Waals surface area contributed by atoms with Gasteiger partial charge in [-0.2, -0.15) is 10.2 Å². The summed E-state index contributed by atoms with van der Waals surface area (Å²) in [5.41, 5.74) is 1.95. The molecule has 0 saturated heterocycles. The number of halogens is 1. The van der Waals surface area contributed by atoms with Gasteiger partial charge in [0.2, 0.25) is 5.91 Å². The first-order valence-corrected chi connectivity index (χ1v) is 9.87. The van der Waals surface area contributed by atoms with Gasteiger partial charge in [-0.05, 0) is 48.6 Å². The summed E-state index contributed by atoms with van der Waals surface area (Å²) in [7, 11) is 0. The molecule has 1 N–H and O–H groups in total. The van der Waals surface area contributed by atoms with Crippen LogP contribution in [-0.2, 0) is 16.1 Å². The highest BCUT2D eigenvalue weighted by atomic mass is 127. The second kappa shape index (κ2) is 9.00. The lowest BCUT2D eigenvalue weighted by atomic mass is 10.3. The van der Waals surface area contributed by atoms with E-state index >= 15 is 0 Å². The normalized spacial score (nSPS) is 10.7. The number of aryl methyl sites for hydroxylation is 1. The molecule has 28 heavy (non-hydrogen) atoms. The Morgan fingerprint density at radius 3 is 2.57 bits per heavy atom. The van der Waals surface area contributed by atoms with E-state index in [2.05, 4.69) is 38.1 Å². The summed E-state index contributed by atoms with van der Waals surface area (Å²) in [4.78, 5) is 24.8. The summed E-state index contributed by atoms with van der Waals surface area (Å²) < 4.78 is 9.43. The highest BCUT2D eigenvalue weighted by Crippen LogP contribution is 2.21. The third-order valence-corrected chi connectivity index (χ3v) is 5.18. The lowest BCUT2D eigenvalue weighted by Crippen LogP contribution is -2.20. The molecule has 9 heteroatoms. The monoisotopic (exact) mass is 493 g/mol. The van der Waals surface area contributed by atoms with Gasteiger partial charge in [-0.15, -0.1) is 0 Å². The van der Waals surface area contributed by atoms with Crippen molar-refractivity contribution >= 4 is 40.3 Å². The summed E-state index contributed by atoms with van der Waals surface area (Å²) in [5, 5.41) is 11.3. The van der Waals surface area contributed by atoms with Crippen LogP contribution in [0.4, 0.5) is 5.82 Å². The molecule has 0 unspecified atom stereocenters. The molecule has 0 atom stereocenters. The predicted molar refractivity (Wildman–Crippen MR) is 112 cm³/mol. The maximum absolute atomic E-state index is 12.6. The molecule has 0 bridgehead atoms. The third kappa shape index (κ3) is 4.41. The highest BCUT2D eigenvalue weighted by Gasteiger charge is 2.21. The van der Waals surface area contributed by atoms with E-state index in [9.17, 15) is 9.59 Å². The van der Waals surface area contributed by atoms with Crippen molar-refractivity contribution in [1.82, 2.24) is 19.6 Å². The van der Waals surface area contributed by atoms with Gasteiger partial charge in [-0.25, -0.2) is 9.48 Å². The Kier molecular flexibility index (Phi) is 6.45. The van der Waals surface area contributed by atoms with E-state index in [0.29, 0.717) is 12.4 Å². The number of hydrogen-bond acceptors (Lipinski definition) is 5. The summed E-state index contributed by atoms with van der Waals surface area (Å²) in [6.07, 6.45) is 3.37. The number of benzene rings is 1. The lowest BCUT2D eigenvalue weighted by molar-refractivity contribution is -0.116. The van der Waals surface area contributed by atoms with E-state index in [-0.39, 0.29) is 24.5 Å². The molecule has 0 aliphatic rings. The van der Waals surface area contributed by atoms with Crippen molar-refractivity contribution in [3.05, 3.63) is 57.6 Å². The minimum absolute atomic E-state index is 0.209. The predicted octanol–water partition coefficient (Wildman–Crippen LogP) is 3.19. The van der Waals surface area contributed by atoms with Crippen LogP contribution in [0.25, 0.3) is 5.69 Å². The van der Waals surface area contributed by atoms with Gasteiger partial charge in [0, 0.05) is 12.1 Å². The van der Waals surface area contributed by atoms with E-state index in [1.54, 1.807) is 17.8 Å². The second-order valence-electron chi connectivity index (χ2n) is 5.97. The fraction of sp³-hybridized carbons (Fsp3) is 0.263. The Bertz CT molecular complexity index is 981. The number of aromatic nitrogens is 4. The fourth-order valence-corrected chi connectivity index (χ4v) is 3.05. The minimum Gasteiger partial charge on any atom is -0.462 e. The van der Waals surface area contributed by atoms with Crippen molar-refractivity contribution < 1.29 is 14.3 Å². The maximum Gasteiger partial charge on any atom is 0.343 e. The Morgan fingerprint density at radius 2 is 1.93 bits per heavy atom. The molecule has 1 aromatic carbocycles. The molecular formula is C19H20IN5O3. The highest BCUT2D eigenvalue weighted by molar-refractivity contribution is 14.1. The number of amides is 1. The molecule has 0 saturated carbocycles. The number of ether oxygens (including phenoxy) is 1. The van der Waals surface area contributed by atoms with E-state index in [4.69, 9.17) is 4.74 Å². The Labute approximate surface area is 176 Å². The zero-order chi connectivity index (χ0) is 20.1. The van der Waals surface area contributed by atoms with Gasteiger partial charge in [0.25, 0.3) is 0 Å². The Balaban J connectivity index is 1.82. The molecule has 2 aromatic heterocycles. The Morgan fingerprint density at radius 1 is 1.18 bits per heavy atom. The molecule has 0 radical (unpaired) electrons. The number of anilines is 1. The molecule has 2 heterocycles. The molecule has 8 nitrogen and oxygen atoms in total. The first-order valence-electron chi connectivity index (χ1n) is 8.79. The number of esters is 1. The number of rotatable bonds is 7. The van der Waals surface area contributed by atoms with Crippen molar-refractivity contribution in [3.63, 3.8) is 0 Å². The van der Waals surface area contributed by atoms with E-state index in [0.717, 1.165) is 15.0 Å². The fourth-order valence-electron chi connectivity index (χ4n) is 2.64. The number of para-hydroxylation sites is 1. The molecule has 0 aliphatic heterocycles. The van der Waals surface area contributed by atoms with E-state index < -0.39 is 5.97 Å². The van der Waals surface area contributed by atoms with Gasteiger partial charge in [-0.1, -0.05) is 18.2 Å². The summed E-state index contributed by atoms with van der Waals surface area (Å²) in [6, 6.07) is 9.27. The van der Waals surface area contributed by atoms with Crippen LogP contribution in [-0.4, -0.2) is 38.0 Å². The number of nitrogens with zero attached hydrogens (tertiary/aromatic N) is 4. The zero-order valence-corrected chi connectivity index (χ0v) is 17.7. The topological polar surface area (TPSA) is 91.0 Å². The summed E-state index contributed by atoms with van der Waals surface area (Å²) >= 11 is 2.20. The smallest absolute Gasteiger partial charge is 0.343 e. The van der Waals surface area contributed by atoms with Gasteiger partial charge in [0.1, 0.15) is 5.56 Å². The lowest BCUT2D eigenvalue weighted by Gasteiger charge is -2.11. The van der Waals surface area contributed by atoms with E-state index in [1.807, 2.05) is 37.3 Å².